The predicted molar refractivity (Wildman–Crippen MR) is 68.6 cm³/mol. The largest absolute Gasteiger partial charge is 0.394 e. The molecular formula is C14H19NO3. The third-order valence-corrected chi connectivity index (χ3v) is 3.31. The Kier molecular flexibility index (Phi) is 3.99. The van der Waals surface area contributed by atoms with Gasteiger partial charge in [-0.05, 0) is 25.5 Å². The van der Waals surface area contributed by atoms with Crippen molar-refractivity contribution < 1.29 is 14.6 Å². The van der Waals surface area contributed by atoms with Crippen molar-refractivity contribution in [1.29, 1.82) is 0 Å². The van der Waals surface area contributed by atoms with Gasteiger partial charge in [0.2, 0.25) is 0 Å². The number of aryl methyl sites for hydroxylation is 2. The number of hydrogen-bond donors (Lipinski definition) is 1. The fourth-order valence-electron chi connectivity index (χ4n) is 2.28. The normalized spacial score (nSPS) is 19.9. The molecule has 0 radical (unpaired) electrons. The number of benzene rings is 1. The first-order chi connectivity index (χ1) is 8.63. The number of morpholine rings is 1. The van der Waals surface area contributed by atoms with Crippen LogP contribution >= 0.6 is 0 Å². The summed E-state index contributed by atoms with van der Waals surface area (Å²) in [5.74, 6) is -0.0187. The highest BCUT2D eigenvalue weighted by atomic mass is 16.5. The van der Waals surface area contributed by atoms with E-state index in [1.165, 1.54) is 0 Å². The Labute approximate surface area is 107 Å². The zero-order chi connectivity index (χ0) is 13.1. The third kappa shape index (κ3) is 2.54. The van der Waals surface area contributed by atoms with Crippen LogP contribution in [0.5, 0.6) is 0 Å². The lowest BCUT2D eigenvalue weighted by Gasteiger charge is -2.34. The Hall–Kier alpha value is -1.39. The summed E-state index contributed by atoms with van der Waals surface area (Å²) in [6.07, 6.45) is 0. The van der Waals surface area contributed by atoms with E-state index in [2.05, 4.69) is 0 Å². The van der Waals surface area contributed by atoms with Crippen LogP contribution in [0.1, 0.15) is 21.5 Å². The molecule has 1 unspecified atom stereocenters. The van der Waals surface area contributed by atoms with Crippen LogP contribution in [-0.4, -0.2) is 48.3 Å². The number of carbonyl (C=O) groups is 1. The third-order valence-electron chi connectivity index (χ3n) is 3.31. The van der Waals surface area contributed by atoms with Crippen molar-refractivity contribution in [3.8, 4) is 0 Å². The fraction of sp³-hybridized carbons (Fsp3) is 0.500. The van der Waals surface area contributed by atoms with Gasteiger partial charge in [-0.3, -0.25) is 4.79 Å². The second kappa shape index (κ2) is 5.50. The molecule has 0 aliphatic carbocycles. The monoisotopic (exact) mass is 249 g/mol. The van der Waals surface area contributed by atoms with E-state index in [9.17, 15) is 9.90 Å². The molecule has 0 saturated carbocycles. The van der Waals surface area contributed by atoms with Gasteiger partial charge in [-0.2, -0.15) is 0 Å². The molecule has 1 heterocycles. The summed E-state index contributed by atoms with van der Waals surface area (Å²) in [6, 6.07) is 5.57. The molecule has 1 fully saturated rings. The van der Waals surface area contributed by atoms with E-state index in [1.54, 1.807) is 4.90 Å². The number of hydrogen-bond acceptors (Lipinski definition) is 3. The summed E-state index contributed by atoms with van der Waals surface area (Å²) in [5.41, 5.74) is 2.83. The maximum absolute atomic E-state index is 12.5. The highest BCUT2D eigenvalue weighted by Gasteiger charge is 2.28. The molecule has 1 N–H and O–H groups in total. The molecule has 98 valence electrons. The van der Waals surface area contributed by atoms with E-state index in [0.717, 1.165) is 11.1 Å². The Morgan fingerprint density at radius 1 is 1.50 bits per heavy atom. The maximum atomic E-state index is 12.5. The molecule has 0 aromatic heterocycles. The zero-order valence-corrected chi connectivity index (χ0v) is 10.8. The van der Waals surface area contributed by atoms with Crippen molar-refractivity contribution in [2.24, 2.45) is 0 Å². The standard InChI is InChI=1S/C14H19NO3/c1-10-3-4-13(11(2)7-10)14(17)15-5-6-18-9-12(15)8-16/h3-4,7,12,16H,5-6,8-9H2,1-2H3. The van der Waals surface area contributed by atoms with Crippen LogP contribution in [0.3, 0.4) is 0 Å². The molecule has 18 heavy (non-hydrogen) atoms. The summed E-state index contributed by atoms with van der Waals surface area (Å²) >= 11 is 0. The van der Waals surface area contributed by atoms with Crippen LogP contribution in [0.15, 0.2) is 18.2 Å². The molecule has 1 aliphatic rings. The van der Waals surface area contributed by atoms with E-state index in [-0.39, 0.29) is 18.6 Å². The summed E-state index contributed by atoms with van der Waals surface area (Å²) in [4.78, 5) is 14.2. The minimum absolute atomic E-state index is 0.0187. The molecule has 1 aliphatic heterocycles. The number of nitrogens with zero attached hydrogens (tertiary/aromatic N) is 1. The number of amides is 1. The Balaban J connectivity index is 2.24. The molecule has 1 aromatic rings. The van der Waals surface area contributed by atoms with Crippen molar-refractivity contribution in [3.63, 3.8) is 0 Å². The van der Waals surface area contributed by atoms with Crippen LogP contribution < -0.4 is 0 Å². The first kappa shape index (κ1) is 13.1. The predicted octanol–water partition coefficient (Wildman–Crippen LogP) is 1.14. The lowest BCUT2D eigenvalue weighted by atomic mass is 10.0. The number of aliphatic hydroxyl groups is 1. The average Bonchev–Trinajstić information content (AvgIpc) is 2.38. The average molecular weight is 249 g/mol. The van der Waals surface area contributed by atoms with Crippen molar-refractivity contribution in [3.05, 3.63) is 34.9 Å². The van der Waals surface area contributed by atoms with Crippen LogP contribution in [0, 0.1) is 13.8 Å². The van der Waals surface area contributed by atoms with Gasteiger partial charge in [-0.25, -0.2) is 0 Å². The molecule has 4 nitrogen and oxygen atoms in total. The molecule has 0 bridgehead atoms. The minimum atomic E-state index is -0.230. The minimum Gasteiger partial charge on any atom is -0.394 e. The molecule has 1 aromatic carbocycles. The topological polar surface area (TPSA) is 49.8 Å². The maximum Gasteiger partial charge on any atom is 0.254 e. The molecule has 1 saturated heterocycles. The molecule has 1 atom stereocenters. The van der Waals surface area contributed by atoms with E-state index in [4.69, 9.17) is 4.74 Å². The summed E-state index contributed by atoms with van der Waals surface area (Å²) in [5, 5.41) is 9.30. The lowest BCUT2D eigenvalue weighted by Crippen LogP contribution is -2.50. The fourth-order valence-corrected chi connectivity index (χ4v) is 2.28. The van der Waals surface area contributed by atoms with Crippen LogP contribution in [0.4, 0.5) is 0 Å². The molecular weight excluding hydrogens is 230 g/mol. The summed E-state index contributed by atoms with van der Waals surface area (Å²) in [7, 11) is 0. The number of carbonyl (C=O) groups excluding carboxylic acids is 1. The van der Waals surface area contributed by atoms with E-state index >= 15 is 0 Å². The van der Waals surface area contributed by atoms with Gasteiger partial charge < -0.3 is 14.7 Å². The Morgan fingerprint density at radius 3 is 2.94 bits per heavy atom. The van der Waals surface area contributed by atoms with Gasteiger partial charge in [-0.1, -0.05) is 17.7 Å². The van der Waals surface area contributed by atoms with Crippen LogP contribution in [0.2, 0.25) is 0 Å². The van der Waals surface area contributed by atoms with Gasteiger partial charge in [-0.15, -0.1) is 0 Å². The van der Waals surface area contributed by atoms with Gasteiger partial charge in [0.25, 0.3) is 5.91 Å². The number of rotatable bonds is 2. The van der Waals surface area contributed by atoms with Crippen LogP contribution in [0.25, 0.3) is 0 Å². The van der Waals surface area contributed by atoms with E-state index < -0.39 is 0 Å². The lowest BCUT2D eigenvalue weighted by molar-refractivity contribution is -0.0184. The molecule has 0 spiro atoms. The van der Waals surface area contributed by atoms with Crippen molar-refractivity contribution in [2.75, 3.05) is 26.4 Å². The quantitative estimate of drug-likeness (QED) is 0.855. The van der Waals surface area contributed by atoms with Crippen molar-refractivity contribution in [1.82, 2.24) is 4.90 Å². The highest BCUT2D eigenvalue weighted by molar-refractivity contribution is 5.96. The first-order valence-corrected chi connectivity index (χ1v) is 6.20. The Morgan fingerprint density at radius 2 is 2.28 bits per heavy atom. The van der Waals surface area contributed by atoms with E-state index in [1.807, 2.05) is 32.0 Å². The van der Waals surface area contributed by atoms with Gasteiger partial charge in [0.1, 0.15) is 0 Å². The van der Waals surface area contributed by atoms with Crippen molar-refractivity contribution in [2.45, 2.75) is 19.9 Å². The Bertz CT molecular complexity index is 445. The van der Waals surface area contributed by atoms with Gasteiger partial charge in [0.05, 0.1) is 25.9 Å². The number of aliphatic hydroxyl groups excluding tert-OH is 1. The second-order valence-electron chi connectivity index (χ2n) is 4.73. The highest BCUT2D eigenvalue weighted by Crippen LogP contribution is 2.16. The SMILES string of the molecule is Cc1ccc(C(=O)N2CCOCC2CO)c(C)c1. The van der Waals surface area contributed by atoms with E-state index in [0.29, 0.717) is 25.3 Å². The molecule has 2 rings (SSSR count). The molecule has 4 heteroatoms. The van der Waals surface area contributed by atoms with Gasteiger partial charge in [0, 0.05) is 12.1 Å². The van der Waals surface area contributed by atoms with Gasteiger partial charge >= 0.3 is 0 Å². The smallest absolute Gasteiger partial charge is 0.254 e. The zero-order valence-electron chi connectivity index (χ0n) is 10.8. The summed E-state index contributed by atoms with van der Waals surface area (Å²) < 4.78 is 5.28. The van der Waals surface area contributed by atoms with Crippen LogP contribution in [-0.2, 0) is 4.74 Å². The summed E-state index contributed by atoms with van der Waals surface area (Å²) in [6.45, 7) is 5.37. The number of ether oxygens (including phenoxy) is 1. The van der Waals surface area contributed by atoms with Crippen molar-refractivity contribution >= 4 is 5.91 Å². The van der Waals surface area contributed by atoms with Gasteiger partial charge in [0.15, 0.2) is 0 Å². The molecule has 1 amide bonds. The second-order valence-corrected chi connectivity index (χ2v) is 4.73. The first-order valence-electron chi connectivity index (χ1n) is 6.20.